The number of allylic oxidation sites excluding steroid dienone is 1. The number of hydrogen-bond donors (Lipinski definition) is 0. The van der Waals surface area contributed by atoms with Crippen LogP contribution in [0.4, 0.5) is 0 Å². The Bertz CT molecular complexity index is 336. The summed E-state index contributed by atoms with van der Waals surface area (Å²) in [6.07, 6.45) is 14.6. The van der Waals surface area contributed by atoms with E-state index in [4.69, 9.17) is 0 Å². The van der Waals surface area contributed by atoms with E-state index in [0.717, 1.165) is 11.8 Å². The first-order chi connectivity index (χ1) is 8.55. The highest BCUT2D eigenvalue weighted by molar-refractivity contribution is 5.19. The van der Waals surface area contributed by atoms with E-state index in [1.54, 1.807) is 5.57 Å². The Kier molecular flexibility index (Phi) is 3.11. The van der Waals surface area contributed by atoms with Gasteiger partial charge in [-0.05, 0) is 67.6 Å². The molecule has 3 unspecified atom stereocenters. The summed E-state index contributed by atoms with van der Waals surface area (Å²) in [4.78, 5) is 0. The Morgan fingerprint density at radius 2 is 1.67 bits per heavy atom. The van der Waals surface area contributed by atoms with Crippen LogP contribution in [0.5, 0.6) is 0 Å². The van der Waals surface area contributed by atoms with Crippen molar-refractivity contribution in [1.82, 2.24) is 0 Å². The maximum absolute atomic E-state index is 4.37. The first kappa shape index (κ1) is 12.8. The van der Waals surface area contributed by atoms with Crippen LogP contribution in [-0.4, -0.2) is 0 Å². The number of fused-ring (bicyclic) bond motifs is 1. The van der Waals surface area contributed by atoms with Gasteiger partial charge in [-0.1, -0.05) is 45.3 Å². The Labute approximate surface area is 113 Å². The van der Waals surface area contributed by atoms with Crippen molar-refractivity contribution in [3.8, 4) is 0 Å². The van der Waals surface area contributed by atoms with Crippen molar-refractivity contribution in [2.45, 2.75) is 78.1 Å². The van der Waals surface area contributed by atoms with Crippen LogP contribution in [0.25, 0.3) is 0 Å². The van der Waals surface area contributed by atoms with Gasteiger partial charge in [0.25, 0.3) is 0 Å². The zero-order valence-electron chi connectivity index (χ0n) is 12.4. The lowest BCUT2D eigenvalue weighted by molar-refractivity contribution is 0.0126. The van der Waals surface area contributed by atoms with Crippen LogP contribution in [0.2, 0.25) is 0 Å². The van der Waals surface area contributed by atoms with E-state index in [9.17, 15) is 0 Å². The first-order valence-corrected chi connectivity index (χ1v) is 8.23. The standard InChI is InChI=1S/C18H30/c1-14-9-10-16-13-17(2,11-12-18(14,16)3)15-7-5-4-6-8-15/h15-16H,1,4-13H2,2-3H3. The van der Waals surface area contributed by atoms with E-state index in [1.165, 1.54) is 64.2 Å². The van der Waals surface area contributed by atoms with Crippen molar-refractivity contribution < 1.29 is 0 Å². The molecule has 0 amide bonds. The summed E-state index contributed by atoms with van der Waals surface area (Å²) in [5.41, 5.74) is 2.74. The third-order valence-corrected chi connectivity index (χ3v) is 7.02. The molecule has 3 aliphatic rings. The molecule has 3 fully saturated rings. The van der Waals surface area contributed by atoms with Crippen molar-refractivity contribution in [1.29, 1.82) is 0 Å². The van der Waals surface area contributed by atoms with E-state index in [-0.39, 0.29) is 0 Å². The van der Waals surface area contributed by atoms with Crippen LogP contribution in [-0.2, 0) is 0 Å². The third-order valence-electron chi connectivity index (χ3n) is 7.02. The first-order valence-electron chi connectivity index (χ1n) is 8.23. The van der Waals surface area contributed by atoms with E-state index >= 15 is 0 Å². The molecule has 0 heteroatoms. The monoisotopic (exact) mass is 246 g/mol. The molecule has 18 heavy (non-hydrogen) atoms. The summed E-state index contributed by atoms with van der Waals surface area (Å²) in [7, 11) is 0. The molecular formula is C18H30. The molecule has 0 aliphatic heterocycles. The smallest absolute Gasteiger partial charge is 0.00903 e. The highest BCUT2D eigenvalue weighted by atomic mass is 14.6. The van der Waals surface area contributed by atoms with Gasteiger partial charge in [0.15, 0.2) is 0 Å². The molecule has 0 spiro atoms. The maximum atomic E-state index is 4.37. The fourth-order valence-corrected chi connectivity index (χ4v) is 5.33. The minimum atomic E-state index is 0.508. The number of rotatable bonds is 1. The molecule has 0 radical (unpaired) electrons. The van der Waals surface area contributed by atoms with Gasteiger partial charge in [-0.3, -0.25) is 0 Å². The van der Waals surface area contributed by atoms with Gasteiger partial charge in [-0.2, -0.15) is 0 Å². The van der Waals surface area contributed by atoms with Gasteiger partial charge in [0.1, 0.15) is 0 Å². The summed E-state index contributed by atoms with van der Waals surface area (Å²) >= 11 is 0. The van der Waals surface area contributed by atoms with Crippen molar-refractivity contribution in [3.63, 3.8) is 0 Å². The fraction of sp³-hybridized carbons (Fsp3) is 0.889. The molecule has 0 heterocycles. The van der Waals surface area contributed by atoms with Gasteiger partial charge in [0.2, 0.25) is 0 Å². The molecule has 0 nitrogen and oxygen atoms in total. The Morgan fingerprint density at radius 3 is 2.39 bits per heavy atom. The Balaban J connectivity index is 1.75. The minimum absolute atomic E-state index is 0.508. The van der Waals surface area contributed by atoms with E-state index in [1.807, 2.05) is 0 Å². The van der Waals surface area contributed by atoms with Gasteiger partial charge in [0.05, 0.1) is 0 Å². The maximum Gasteiger partial charge on any atom is -0.00903 e. The van der Waals surface area contributed by atoms with Crippen LogP contribution in [0, 0.1) is 22.7 Å². The van der Waals surface area contributed by atoms with Crippen LogP contribution in [0.3, 0.4) is 0 Å². The average molecular weight is 246 g/mol. The summed E-state index contributed by atoms with van der Waals surface area (Å²) < 4.78 is 0. The van der Waals surface area contributed by atoms with Crippen LogP contribution in [0.15, 0.2) is 12.2 Å². The summed E-state index contributed by atoms with van der Waals surface area (Å²) in [5, 5.41) is 0. The van der Waals surface area contributed by atoms with Crippen molar-refractivity contribution in [2.75, 3.05) is 0 Å². The lowest BCUT2D eigenvalue weighted by Gasteiger charge is -2.51. The Morgan fingerprint density at radius 1 is 0.944 bits per heavy atom. The summed E-state index contributed by atoms with van der Waals surface area (Å²) in [6.45, 7) is 9.49. The van der Waals surface area contributed by atoms with Crippen LogP contribution in [0.1, 0.15) is 78.1 Å². The SMILES string of the molecule is C=C1CCC2CC(C)(C3CCCCC3)CCC12C. The van der Waals surface area contributed by atoms with Crippen LogP contribution >= 0.6 is 0 Å². The second-order valence-corrected chi connectivity index (χ2v) is 7.95. The molecule has 0 aromatic carbocycles. The van der Waals surface area contributed by atoms with Crippen LogP contribution < -0.4 is 0 Å². The van der Waals surface area contributed by atoms with E-state index < -0.39 is 0 Å². The van der Waals surface area contributed by atoms with Gasteiger partial charge < -0.3 is 0 Å². The largest absolute Gasteiger partial charge is 0.0993 e. The molecule has 3 saturated carbocycles. The van der Waals surface area contributed by atoms with E-state index in [2.05, 4.69) is 20.4 Å². The van der Waals surface area contributed by atoms with Gasteiger partial charge in [-0.25, -0.2) is 0 Å². The molecule has 0 saturated heterocycles. The molecule has 3 atom stereocenters. The van der Waals surface area contributed by atoms with Gasteiger partial charge in [-0.15, -0.1) is 0 Å². The number of hydrogen-bond acceptors (Lipinski definition) is 0. The summed E-state index contributed by atoms with van der Waals surface area (Å²) in [6, 6.07) is 0. The third kappa shape index (κ3) is 1.87. The second kappa shape index (κ2) is 4.39. The molecule has 0 N–H and O–H groups in total. The molecule has 3 aliphatic carbocycles. The molecule has 0 bridgehead atoms. The second-order valence-electron chi connectivity index (χ2n) is 7.95. The van der Waals surface area contributed by atoms with Crippen molar-refractivity contribution in [3.05, 3.63) is 12.2 Å². The zero-order valence-corrected chi connectivity index (χ0v) is 12.4. The lowest BCUT2D eigenvalue weighted by atomic mass is 9.54. The lowest BCUT2D eigenvalue weighted by Crippen LogP contribution is -2.41. The van der Waals surface area contributed by atoms with Crippen molar-refractivity contribution >= 4 is 0 Å². The molecule has 0 aromatic heterocycles. The fourth-order valence-electron chi connectivity index (χ4n) is 5.33. The molecule has 102 valence electrons. The quantitative estimate of drug-likeness (QED) is 0.518. The zero-order chi connectivity index (χ0) is 12.8. The average Bonchev–Trinajstić information content (AvgIpc) is 2.68. The van der Waals surface area contributed by atoms with Crippen molar-refractivity contribution in [2.24, 2.45) is 22.7 Å². The molecule has 3 rings (SSSR count). The topological polar surface area (TPSA) is 0 Å². The molecular weight excluding hydrogens is 216 g/mol. The Hall–Kier alpha value is -0.260. The highest BCUT2D eigenvalue weighted by Gasteiger charge is 2.50. The van der Waals surface area contributed by atoms with Gasteiger partial charge >= 0.3 is 0 Å². The van der Waals surface area contributed by atoms with Gasteiger partial charge in [0, 0.05) is 0 Å². The molecule has 0 aromatic rings. The normalized spacial score (nSPS) is 46.1. The van der Waals surface area contributed by atoms with E-state index in [0.29, 0.717) is 10.8 Å². The minimum Gasteiger partial charge on any atom is -0.0993 e. The summed E-state index contributed by atoms with van der Waals surface area (Å²) in [5.74, 6) is 1.98. The predicted octanol–water partition coefficient (Wildman–Crippen LogP) is 5.73. The highest BCUT2D eigenvalue weighted by Crippen LogP contribution is 2.61. The predicted molar refractivity (Wildman–Crippen MR) is 78.5 cm³/mol.